The molecule has 17 heavy (non-hydrogen) atoms. The smallest absolute Gasteiger partial charge is 0.0543 e. The van der Waals surface area contributed by atoms with E-state index in [1.807, 2.05) is 0 Å². The molecule has 0 fully saturated rings. The van der Waals surface area contributed by atoms with Gasteiger partial charge in [0.2, 0.25) is 0 Å². The van der Waals surface area contributed by atoms with E-state index >= 15 is 0 Å². The van der Waals surface area contributed by atoms with Crippen LogP contribution in [0.25, 0.3) is 0 Å². The highest BCUT2D eigenvalue weighted by Crippen LogP contribution is 2.18. The molecule has 0 aliphatic rings. The lowest BCUT2D eigenvalue weighted by Gasteiger charge is -2.15. The van der Waals surface area contributed by atoms with E-state index in [1.54, 1.807) is 7.11 Å². The number of hydrogen-bond acceptors (Lipinski definition) is 2. The maximum absolute atomic E-state index is 6.17. The lowest BCUT2D eigenvalue weighted by Crippen LogP contribution is -2.14. The molecular formula is C15H25NO. The van der Waals surface area contributed by atoms with E-state index in [0.29, 0.717) is 6.10 Å². The number of rotatable bonds is 7. The Kier molecular flexibility index (Phi) is 6.23. The van der Waals surface area contributed by atoms with Crippen LogP contribution in [0.2, 0.25) is 0 Å². The van der Waals surface area contributed by atoms with Crippen molar-refractivity contribution in [2.75, 3.05) is 7.11 Å². The summed E-state index contributed by atoms with van der Waals surface area (Å²) in [6, 6.07) is 8.83. The summed E-state index contributed by atoms with van der Waals surface area (Å²) >= 11 is 0. The Morgan fingerprint density at radius 2 is 1.82 bits per heavy atom. The lowest BCUT2D eigenvalue weighted by atomic mass is 9.99. The molecule has 0 aromatic heterocycles. The largest absolute Gasteiger partial charge is 0.382 e. The third-order valence-corrected chi connectivity index (χ3v) is 3.23. The average Bonchev–Trinajstić information content (AvgIpc) is 2.36. The Labute approximate surface area is 105 Å². The van der Waals surface area contributed by atoms with Crippen LogP contribution in [0.4, 0.5) is 0 Å². The van der Waals surface area contributed by atoms with Gasteiger partial charge in [-0.2, -0.15) is 0 Å². The zero-order valence-corrected chi connectivity index (χ0v) is 11.3. The highest BCUT2D eigenvalue weighted by atomic mass is 16.5. The number of methoxy groups -OCH3 is 1. The Balaban J connectivity index is 2.48. The van der Waals surface area contributed by atoms with Gasteiger partial charge in [-0.05, 0) is 37.3 Å². The SMILES string of the molecule is CCCc1ccc(C(N)CCC(C)OC)cc1. The van der Waals surface area contributed by atoms with Gasteiger partial charge in [-0.15, -0.1) is 0 Å². The van der Waals surface area contributed by atoms with Crippen LogP contribution in [0.5, 0.6) is 0 Å². The first-order valence-electron chi connectivity index (χ1n) is 6.54. The van der Waals surface area contributed by atoms with E-state index in [4.69, 9.17) is 10.5 Å². The molecule has 2 unspecified atom stereocenters. The highest BCUT2D eigenvalue weighted by Gasteiger charge is 2.08. The summed E-state index contributed by atoms with van der Waals surface area (Å²) < 4.78 is 5.23. The first kappa shape index (κ1) is 14.2. The molecule has 1 aromatic carbocycles. The van der Waals surface area contributed by atoms with Crippen LogP contribution in [0.3, 0.4) is 0 Å². The van der Waals surface area contributed by atoms with Gasteiger partial charge in [0.1, 0.15) is 0 Å². The molecule has 1 rings (SSSR count). The first-order chi connectivity index (χ1) is 8.17. The van der Waals surface area contributed by atoms with Gasteiger partial charge >= 0.3 is 0 Å². The van der Waals surface area contributed by atoms with Crippen molar-refractivity contribution in [3.63, 3.8) is 0 Å². The molecule has 0 saturated carbocycles. The number of ether oxygens (including phenoxy) is 1. The number of aryl methyl sites for hydroxylation is 1. The Bertz CT molecular complexity index is 307. The van der Waals surface area contributed by atoms with E-state index in [1.165, 1.54) is 17.5 Å². The fraction of sp³-hybridized carbons (Fsp3) is 0.600. The van der Waals surface area contributed by atoms with Gasteiger partial charge in [0.25, 0.3) is 0 Å². The Hall–Kier alpha value is -0.860. The molecule has 2 nitrogen and oxygen atoms in total. The molecule has 0 radical (unpaired) electrons. The minimum atomic E-state index is 0.128. The van der Waals surface area contributed by atoms with Crippen LogP contribution < -0.4 is 5.73 Å². The van der Waals surface area contributed by atoms with Gasteiger partial charge in [-0.1, -0.05) is 37.6 Å². The number of nitrogens with two attached hydrogens (primary N) is 1. The van der Waals surface area contributed by atoms with Crippen molar-refractivity contribution in [1.82, 2.24) is 0 Å². The van der Waals surface area contributed by atoms with Crippen LogP contribution in [-0.2, 0) is 11.2 Å². The molecule has 2 atom stereocenters. The molecule has 0 heterocycles. The minimum absolute atomic E-state index is 0.128. The maximum atomic E-state index is 6.17. The monoisotopic (exact) mass is 235 g/mol. The second-order valence-corrected chi connectivity index (χ2v) is 4.72. The first-order valence-corrected chi connectivity index (χ1v) is 6.54. The predicted octanol–water partition coefficient (Wildman–Crippen LogP) is 3.45. The molecule has 0 aliphatic carbocycles. The molecule has 0 saturated heterocycles. The molecule has 96 valence electrons. The summed E-state index contributed by atoms with van der Waals surface area (Å²) in [6.07, 6.45) is 4.61. The van der Waals surface area contributed by atoms with E-state index in [-0.39, 0.29) is 6.04 Å². The molecule has 0 amide bonds. The molecule has 0 bridgehead atoms. The Morgan fingerprint density at radius 1 is 1.18 bits per heavy atom. The van der Waals surface area contributed by atoms with Gasteiger partial charge in [0.15, 0.2) is 0 Å². The zero-order chi connectivity index (χ0) is 12.7. The summed E-state index contributed by atoms with van der Waals surface area (Å²) in [5, 5.41) is 0. The second-order valence-electron chi connectivity index (χ2n) is 4.72. The van der Waals surface area contributed by atoms with Crippen molar-refractivity contribution < 1.29 is 4.74 Å². The van der Waals surface area contributed by atoms with Crippen LogP contribution in [0.1, 0.15) is 50.3 Å². The van der Waals surface area contributed by atoms with E-state index < -0.39 is 0 Å². The van der Waals surface area contributed by atoms with Gasteiger partial charge in [-0.25, -0.2) is 0 Å². The number of hydrogen-bond donors (Lipinski definition) is 1. The third-order valence-electron chi connectivity index (χ3n) is 3.23. The third kappa shape index (κ3) is 4.88. The summed E-state index contributed by atoms with van der Waals surface area (Å²) in [6.45, 7) is 4.28. The molecular weight excluding hydrogens is 210 g/mol. The Morgan fingerprint density at radius 3 is 2.35 bits per heavy atom. The van der Waals surface area contributed by atoms with Crippen LogP contribution in [0, 0.1) is 0 Å². The van der Waals surface area contributed by atoms with Crippen molar-refractivity contribution in [2.24, 2.45) is 5.73 Å². The maximum Gasteiger partial charge on any atom is 0.0543 e. The fourth-order valence-corrected chi connectivity index (χ4v) is 1.92. The summed E-state index contributed by atoms with van der Waals surface area (Å²) in [5.74, 6) is 0. The topological polar surface area (TPSA) is 35.2 Å². The zero-order valence-electron chi connectivity index (χ0n) is 11.3. The van der Waals surface area contributed by atoms with Crippen LogP contribution in [-0.4, -0.2) is 13.2 Å². The van der Waals surface area contributed by atoms with Gasteiger partial charge < -0.3 is 10.5 Å². The van der Waals surface area contributed by atoms with Crippen molar-refractivity contribution in [2.45, 2.75) is 51.7 Å². The van der Waals surface area contributed by atoms with Crippen molar-refractivity contribution >= 4 is 0 Å². The quantitative estimate of drug-likeness (QED) is 0.785. The summed E-state index contributed by atoms with van der Waals surface area (Å²) in [7, 11) is 1.75. The molecule has 2 N–H and O–H groups in total. The van der Waals surface area contributed by atoms with Crippen LogP contribution in [0.15, 0.2) is 24.3 Å². The van der Waals surface area contributed by atoms with E-state index in [2.05, 4.69) is 38.1 Å². The molecule has 0 aliphatic heterocycles. The second kappa shape index (κ2) is 7.46. The summed E-state index contributed by atoms with van der Waals surface area (Å²) in [5.41, 5.74) is 8.79. The van der Waals surface area contributed by atoms with Crippen LogP contribution >= 0.6 is 0 Å². The van der Waals surface area contributed by atoms with E-state index in [9.17, 15) is 0 Å². The molecule has 1 aromatic rings. The normalized spacial score (nSPS) is 14.6. The van der Waals surface area contributed by atoms with Gasteiger partial charge in [0.05, 0.1) is 6.10 Å². The average molecular weight is 235 g/mol. The molecule has 2 heteroatoms. The minimum Gasteiger partial charge on any atom is -0.382 e. The van der Waals surface area contributed by atoms with Gasteiger partial charge in [0, 0.05) is 13.2 Å². The molecule has 0 spiro atoms. The van der Waals surface area contributed by atoms with Gasteiger partial charge in [-0.3, -0.25) is 0 Å². The van der Waals surface area contributed by atoms with Crippen molar-refractivity contribution in [1.29, 1.82) is 0 Å². The fourth-order valence-electron chi connectivity index (χ4n) is 1.92. The summed E-state index contributed by atoms with van der Waals surface area (Å²) in [4.78, 5) is 0. The number of benzene rings is 1. The predicted molar refractivity (Wildman–Crippen MR) is 73.1 cm³/mol. The lowest BCUT2D eigenvalue weighted by molar-refractivity contribution is 0.107. The highest BCUT2D eigenvalue weighted by molar-refractivity contribution is 5.24. The standard InChI is InChI=1S/C15H25NO/c1-4-5-13-7-9-14(10-8-13)15(16)11-6-12(2)17-3/h7-10,12,15H,4-6,11,16H2,1-3H3. The van der Waals surface area contributed by atoms with E-state index in [0.717, 1.165) is 19.3 Å². The van der Waals surface area contributed by atoms with Crippen molar-refractivity contribution in [3.8, 4) is 0 Å². The van der Waals surface area contributed by atoms with Crippen molar-refractivity contribution in [3.05, 3.63) is 35.4 Å².